The number of phenolic OH excluding ortho intramolecular Hbond substituents is 1. The molecule has 21 heavy (non-hydrogen) atoms. The van der Waals surface area contributed by atoms with Crippen LogP contribution < -0.4 is 10.1 Å². The maximum atomic E-state index is 11.9. The molecule has 0 aliphatic heterocycles. The van der Waals surface area contributed by atoms with Crippen molar-refractivity contribution in [2.75, 3.05) is 13.7 Å². The first-order valence-electron chi connectivity index (χ1n) is 6.50. The summed E-state index contributed by atoms with van der Waals surface area (Å²) in [7, 11) is 1.44. The molecule has 0 fully saturated rings. The topological polar surface area (TPSA) is 82.4 Å². The average Bonchev–Trinajstić information content (AvgIpc) is 2.47. The number of methoxy groups -OCH3 is 1. The van der Waals surface area contributed by atoms with Crippen molar-refractivity contribution in [2.24, 2.45) is 0 Å². The third-order valence-electron chi connectivity index (χ3n) is 2.78. The highest BCUT2D eigenvalue weighted by Gasteiger charge is 2.11. The van der Waals surface area contributed by atoms with Crippen molar-refractivity contribution in [2.45, 2.75) is 19.8 Å². The fourth-order valence-corrected chi connectivity index (χ4v) is 2.05. The van der Waals surface area contributed by atoms with Crippen LogP contribution in [-0.2, 0) is 4.79 Å². The zero-order chi connectivity index (χ0) is 15.8. The smallest absolute Gasteiger partial charge is 0.261 e. The molecule has 0 aliphatic carbocycles. The molecule has 6 heteroatoms. The van der Waals surface area contributed by atoms with Gasteiger partial charge >= 0.3 is 0 Å². The first-order valence-corrected chi connectivity index (χ1v) is 7.29. The third kappa shape index (κ3) is 4.80. The highest BCUT2D eigenvalue weighted by atomic mass is 79.9. The van der Waals surface area contributed by atoms with Crippen LogP contribution in [-0.4, -0.2) is 24.7 Å². The second kappa shape index (κ2) is 8.32. The minimum absolute atomic E-state index is 0.0173. The number of unbranched alkanes of at least 4 members (excludes halogenated alkanes) is 1. The number of hydrogen-bond acceptors (Lipinski definition) is 4. The summed E-state index contributed by atoms with van der Waals surface area (Å²) in [6, 6.07) is 4.87. The zero-order valence-electron chi connectivity index (χ0n) is 11.9. The Morgan fingerprint density at radius 1 is 1.57 bits per heavy atom. The molecular formula is C15H17BrN2O3. The van der Waals surface area contributed by atoms with Crippen molar-refractivity contribution >= 4 is 27.9 Å². The van der Waals surface area contributed by atoms with Crippen molar-refractivity contribution in [3.05, 3.63) is 27.7 Å². The number of carbonyl (C=O) groups is 1. The summed E-state index contributed by atoms with van der Waals surface area (Å²) in [5.74, 6) is -0.172. The van der Waals surface area contributed by atoms with Gasteiger partial charge in [0, 0.05) is 11.0 Å². The van der Waals surface area contributed by atoms with E-state index in [4.69, 9.17) is 10.00 Å². The van der Waals surface area contributed by atoms with Crippen LogP contribution in [0.2, 0.25) is 0 Å². The van der Waals surface area contributed by atoms with Gasteiger partial charge in [0.05, 0.1) is 7.11 Å². The van der Waals surface area contributed by atoms with Gasteiger partial charge in [-0.25, -0.2) is 0 Å². The van der Waals surface area contributed by atoms with E-state index in [0.717, 1.165) is 12.8 Å². The predicted molar refractivity (Wildman–Crippen MR) is 83.9 cm³/mol. The van der Waals surface area contributed by atoms with Gasteiger partial charge in [0.1, 0.15) is 11.6 Å². The second-order valence-electron chi connectivity index (χ2n) is 4.32. The van der Waals surface area contributed by atoms with E-state index < -0.39 is 5.91 Å². The number of ether oxygens (including phenoxy) is 1. The molecular weight excluding hydrogens is 336 g/mol. The lowest BCUT2D eigenvalue weighted by Crippen LogP contribution is -2.25. The molecule has 0 unspecified atom stereocenters. The highest BCUT2D eigenvalue weighted by Crippen LogP contribution is 2.33. The summed E-state index contributed by atoms with van der Waals surface area (Å²) < 4.78 is 5.60. The maximum Gasteiger partial charge on any atom is 0.261 e. The Kier molecular flexibility index (Phi) is 6.76. The van der Waals surface area contributed by atoms with Crippen LogP contribution in [0.1, 0.15) is 25.3 Å². The van der Waals surface area contributed by atoms with Gasteiger partial charge in [-0.1, -0.05) is 29.3 Å². The van der Waals surface area contributed by atoms with Gasteiger partial charge in [-0.3, -0.25) is 4.79 Å². The van der Waals surface area contributed by atoms with E-state index in [0.29, 0.717) is 22.3 Å². The molecule has 0 aliphatic rings. The predicted octanol–water partition coefficient (Wildman–Crippen LogP) is 2.99. The van der Waals surface area contributed by atoms with E-state index in [1.807, 2.05) is 13.0 Å². The minimum atomic E-state index is -0.423. The van der Waals surface area contributed by atoms with E-state index in [-0.39, 0.29) is 11.3 Å². The Morgan fingerprint density at radius 3 is 2.86 bits per heavy atom. The molecule has 2 N–H and O–H groups in total. The molecule has 0 saturated carbocycles. The van der Waals surface area contributed by atoms with Gasteiger partial charge < -0.3 is 15.2 Å². The molecule has 1 aromatic carbocycles. The Bertz CT molecular complexity index is 591. The molecule has 0 radical (unpaired) electrons. The minimum Gasteiger partial charge on any atom is -0.504 e. The number of halogens is 1. The quantitative estimate of drug-likeness (QED) is 0.468. The Hall–Kier alpha value is -2.00. The summed E-state index contributed by atoms with van der Waals surface area (Å²) >= 11 is 3.32. The molecule has 112 valence electrons. The number of nitriles is 1. The summed E-state index contributed by atoms with van der Waals surface area (Å²) in [6.07, 6.45) is 3.24. The van der Waals surface area contributed by atoms with Gasteiger partial charge in [0.25, 0.3) is 5.91 Å². The maximum absolute atomic E-state index is 11.9. The first kappa shape index (κ1) is 17.1. The average molecular weight is 353 g/mol. The van der Waals surface area contributed by atoms with E-state index in [2.05, 4.69) is 21.2 Å². The zero-order valence-corrected chi connectivity index (χ0v) is 13.5. The fraction of sp³-hybridized carbons (Fsp3) is 0.333. The van der Waals surface area contributed by atoms with Crippen LogP contribution >= 0.6 is 15.9 Å². The molecule has 5 nitrogen and oxygen atoms in total. The van der Waals surface area contributed by atoms with Gasteiger partial charge in [-0.05, 0) is 30.2 Å². The number of nitrogens with zero attached hydrogens (tertiary/aromatic N) is 1. The first-order chi connectivity index (χ1) is 10.0. The lowest BCUT2D eigenvalue weighted by Gasteiger charge is -2.07. The summed E-state index contributed by atoms with van der Waals surface area (Å²) in [6.45, 7) is 2.55. The van der Waals surface area contributed by atoms with E-state index in [9.17, 15) is 9.90 Å². The number of hydrogen-bond donors (Lipinski definition) is 2. The lowest BCUT2D eigenvalue weighted by molar-refractivity contribution is -0.117. The molecule has 0 aromatic heterocycles. The van der Waals surface area contributed by atoms with Crippen LogP contribution in [0.15, 0.2) is 22.2 Å². The SMILES string of the molecule is CCCCNC(=O)/C(C#N)=C/c1cc(O)c(OC)cc1Br. The summed E-state index contributed by atoms with van der Waals surface area (Å²) in [5.41, 5.74) is 0.506. The molecule has 1 aromatic rings. The van der Waals surface area contributed by atoms with Crippen LogP contribution in [0.4, 0.5) is 0 Å². The largest absolute Gasteiger partial charge is 0.504 e. The van der Waals surface area contributed by atoms with Crippen molar-refractivity contribution in [3.8, 4) is 17.6 Å². The van der Waals surface area contributed by atoms with Gasteiger partial charge in [0.15, 0.2) is 11.5 Å². The number of carbonyl (C=O) groups excluding carboxylic acids is 1. The third-order valence-corrected chi connectivity index (χ3v) is 3.47. The number of amides is 1. The number of rotatable bonds is 6. The molecule has 0 spiro atoms. The van der Waals surface area contributed by atoms with Crippen LogP contribution in [0, 0.1) is 11.3 Å². The van der Waals surface area contributed by atoms with Crippen molar-refractivity contribution in [1.29, 1.82) is 5.26 Å². The van der Waals surface area contributed by atoms with Crippen LogP contribution in [0.3, 0.4) is 0 Å². The van der Waals surface area contributed by atoms with Crippen LogP contribution in [0.5, 0.6) is 11.5 Å². The molecule has 0 heterocycles. The monoisotopic (exact) mass is 352 g/mol. The highest BCUT2D eigenvalue weighted by molar-refractivity contribution is 9.10. The summed E-state index contributed by atoms with van der Waals surface area (Å²) in [4.78, 5) is 11.9. The van der Waals surface area contributed by atoms with Crippen molar-refractivity contribution in [3.63, 3.8) is 0 Å². The second-order valence-corrected chi connectivity index (χ2v) is 5.18. The lowest BCUT2D eigenvalue weighted by atomic mass is 10.1. The number of aromatic hydroxyl groups is 1. The standard InChI is InChI=1S/C15H17BrN2O3/c1-3-4-5-18-15(20)11(9-17)6-10-7-13(19)14(21-2)8-12(10)16/h6-8,19H,3-5H2,1-2H3,(H,18,20)/b11-6+. The Balaban J connectivity index is 3.01. The van der Waals surface area contributed by atoms with E-state index in [1.165, 1.54) is 19.3 Å². The van der Waals surface area contributed by atoms with Gasteiger partial charge in [-0.15, -0.1) is 0 Å². The Morgan fingerprint density at radius 2 is 2.29 bits per heavy atom. The van der Waals surface area contributed by atoms with Gasteiger partial charge in [0.2, 0.25) is 0 Å². The van der Waals surface area contributed by atoms with E-state index >= 15 is 0 Å². The van der Waals surface area contributed by atoms with Crippen LogP contribution in [0.25, 0.3) is 6.08 Å². The molecule has 0 atom stereocenters. The fourth-order valence-electron chi connectivity index (χ4n) is 1.61. The van der Waals surface area contributed by atoms with E-state index in [1.54, 1.807) is 6.07 Å². The molecule has 0 bridgehead atoms. The van der Waals surface area contributed by atoms with Gasteiger partial charge in [-0.2, -0.15) is 5.26 Å². The molecule has 0 saturated heterocycles. The molecule has 1 rings (SSSR count). The van der Waals surface area contributed by atoms with Crippen molar-refractivity contribution in [1.82, 2.24) is 5.32 Å². The summed E-state index contributed by atoms with van der Waals surface area (Å²) in [5, 5.41) is 21.5. The number of phenols is 1. The Labute approximate surface area is 132 Å². The number of benzene rings is 1. The van der Waals surface area contributed by atoms with Crippen molar-refractivity contribution < 1.29 is 14.6 Å². The molecule has 1 amide bonds. The normalized spacial score (nSPS) is 10.9. The number of nitrogens with one attached hydrogen (secondary N) is 1.